The van der Waals surface area contributed by atoms with Gasteiger partial charge in [-0.1, -0.05) is 128 Å². The summed E-state index contributed by atoms with van der Waals surface area (Å²) in [7, 11) is 0. The lowest BCUT2D eigenvalue weighted by Gasteiger charge is -2.09. The SMILES string of the molecule is C=C\C=C/C(=C\C)C(/N=C(N=C)c1ccccc1)=N/Cn1c2ccccc2c2ncc3sc4c(-c5ccccc5)cccc4c3c21. The van der Waals surface area contributed by atoms with Gasteiger partial charge in [0.25, 0.3) is 0 Å². The van der Waals surface area contributed by atoms with Crippen LogP contribution < -0.4 is 0 Å². The number of aliphatic imine (C=N–C) groups is 3. The molecular formula is C40H31N5S. The summed E-state index contributed by atoms with van der Waals surface area (Å²) in [6.07, 6.45) is 9.61. The monoisotopic (exact) mass is 613 g/mol. The number of benzene rings is 4. The fraction of sp³-hybridized carbons (Fsp3) is 0.0500. The number of hydrogen-bond donors (Lipinski definition) is 0. The Labute approximate surface area is 271 Å². The van der Waals surface area contributed by atoms with Crippen LogP contribution in [-0.2, 0) is 6.67 Å². The molecule has 0 fully saturated rings. The summed E-state index contributed by atoms with van der Waals surface area (Å²) < 4.78 is 4.66. The number of fused-ring (bicyclic) bond motifs is 7. The average molecular weight is 614 g/mol. The van der Waals surface area contributed by atoms with Gasteiger partial charge in [0.05, 0.1) is 21.3 Å². The highest BCUT2D eigenvalue weighted by Crippen LogP contribution is 2.44. The van der Waals surface area contributed by atoms with Crippen molar-refractivity contribution < 1.29 is 0 Å². The van der Waals surface area contributed by atoms with Gasteiger partial charge in [0, 0.05) is 38.2 Å². The highest BCUT2D eigenvalue weighted by Gasteiger charge is 2.19. The molecule has 7 rings (SSSR count). The molecular weight excluding hydrogens is 583 g/mol. The van der Waals surface area contributed by atoms with E-state index in [1.54, 1.807) is 17.4 Å². The number of amidine groups is 2. The number of thiophene rings is 1. The van der Waals surface area contributed by atoms with Gasteiger partial charge in [0.1, 0.15) is 6.67 Å². The summed E-state index contributed by atoms with van der Waals surface area (Å²) >= 11 is 1.79. The lowest BCUT2D eigenvalue weighted by molar-refractivity contribution is 0.793. The summed E-state index contributed by atoms with van der Waals surface area (Å²) in [6, 6.07) is 35.4. The zero-order valence-electron chi connectivity index (χ0n) is 25.5. The van der Waals surface area contributed by atoms with Crippen molar-refractivity contribution in [2.24, 2.45) is 15.0 Å². The van der Waals surface area contributed by atoms with Gasteiger partial charge in [-0.3, -0.25) is 4.98 Å². The number of pyridine rings is 1. The number of aromatic nitrogens is 2. The Morgan fingerprint density at radius 2 is 1.63 bits per heavy atom. The lowest BCUT2D eigenvalue weighted by Crippen LogP contribution is -2.07. The van der Waals surface area contributed by atoms with E-state index < -0.39 is 0 Å². The molecule has 6 heteroatoms. The Morgan fingerprint density at radius 1 is 0.891 bits per heavy atom. The van der Waals surface area contributed by atoms with Crippen molar-refractivity contribution in [3.05, 3.63) is 151 Å². The normalized spacial score (nSPS) is 13.0. The van der Waals surface area contributed by atoms with E-state index in [9.17, 15) is 0 Å². The molecule has 0 atom stereocenters. The van der Waals surface area contributed by atoms with Crippen LogP contribution in [0.5, 0.6) is 0 Å². The molecule has 4 aromatic carbocycles. The van der Waals surface area contributed by atoms with E-state index in [0.717, 1.165) is 37.8 Å². The second kappa shape index (κ2) is 12.7. The summed E-state index contributed by atoms with van der Waals surface area (Å²) in [6.45, 7) is 9.98. The molecule has 3 aromatic heterocycles. The number of nitrogens with zero attached hydrogens (tertiary/aromatic N) is 5. The smallest absolute Gasteiger partial charge is 0.161 e. The molecule has 0 aliphatic heterocycles. The summed E-state index contributed by atoms with van der Waals surface area (Å²) in [4.78, 5) is 19.4. The third-order valence-corrected chi connectivity index (χ3v) is 9.23. The molecule has 0 aliphatic rings. The van der Waals surface area contributed by atoms with Gasteiger partial charge in [-0.2, -0.15) is 0 Å². The number of para-hydroxylation sites is 1. The largest absolute Gasteiger partial charge is 0.318 e. The molecule has 0 radical (unpaired) electrons. The minimum absolute atomic E-state index is 0.331. The maximum absolute atomic E-state index is 5.17. The maximum Gasteiger partial charge on any atom is 0.161 e. The first-order valence-corrected chi connectivity index (χ1v) is 15.9. The van der Waals surface area contributed by atoms with E-state index in [1.165, 1.54) is 26.6 Å². The van der Waals surface area contributed by atoms with Crippen LogP contribution in [0.15, 0.2) is 161 Å². The van der Waals surface area contributed by atoms with Gasteiger partial charge in [-0.25, -0.2) is 15.0 Å². The zero-order valence-corrected chi connectivity index (χ0v) is 26.3. The third kappa shape index (κ3) is 5.19. The van der Waals surface area contributed by atoms with E-state index in [-0.39, 0.29) is 0 Å². The van der Waals surface area contributed by atoms with Gasteiger partial charge >= 0.3 is 0 Å². The van der Waals surface area contributed by atoms with Crippen LogP contribution in [0, 0.1) is 0 Å². The lowest BCUT2D eigenvalue weighted by atomic mass is 10.0. The number of hydrogen-bond acceptors (Lipinski definition) is 3. The van der Waals surface area contributed by atoms with Crippen molar-refractivity contribution >= 4 is 71.8 Å². The summed E-state index contributed by atoms with van der Waals surface area (Å²) in [5, 5.41) is 3.49. The van der Waals surface area contributed by atoms with Crippen LogP contribution in [-0.4, -0.2) is 27.9 Å². The summed E-state index contributed by atoms with van der Waals surface area (Å²) in [5.41, 5.74) is 7.25. The van der Waals surface area contributed by atoms with Crippen molar-refractivity contribution in [1.82, 2.24) is 9.55 Å². The molecule has 46 heavy (non-hydrogen) atoms. The Morgan fingerprint density at radius 3 is 2.39 bits per heavy atom. The molecule has 5 nitrogen and oxygen atoms in total. The van der Waals surface area contributed by atoms with Crippen molar-refractivity contribution in [3.8, 4) is 11.1 Å². The first kappa shape index (κ1) is 29.0. The minimum atomic E-state index is 0.331. The van der Waals surface area contributed by atoms with Gasteiger partial charge in [0.15, 0.2) is 11.7 Å². The molecule has 0 saturated carbocycles. The highest BCUT2D eigenvalue weighted by atomic mass is 32.1. The molecule has 0 spiro atoms. The number of rotatable bonds is 7. The van der Waals surface area contributed by atoms with E-state index in [0.29, 0.717) is 18.3 Å². The van der Waals surface area contributed by atoms with Crippen LogP contribution in [0.3, 0.4) is 0 Å². The molecule has 3 heterocycles. The van der Waals surface area contributed by atoms with Crippen LogP contribution >= 0.6 is 11.3 Å². The molecule has 0 amide bonds. The topological polar surface area (TPSA) is 54.9 Å². The maximum atomic E-state index is 5.17. The third-order valence-electron chi connectivity index (χ3n) is 8.06. The van der Waals surface area contributed by atoms with Gasteiger partial charge in [-0.15, -0.1) is 11.3 Å². The van der Waals surface area contributed by atoms with Crippen LogP contribution in [0.2, 0.25) is 0 Å². The molecule has 0 bridgehead atoms. The van der Waals surface area contributed by atoms with Crippen molar-refractivity contribution in [2.45, 2.75) is 13.6 Å². The molecule has 0 N–H and O–H groups in total. The van der Waals surface area contributed by atoms with Gasteiger partial charge < -0.3 is 4.57 Å². The molecule has 0 aliphatic carbocycles. The van der Waals surface area contributed by atoms with Gasteiger partial charge in [-0.05, 0) is 30.8 Å². The number of allylic oxidation sites excluding steroid dienone is 3. The van der Waals surface area contributed by atoms with Crippen LogP contribution in [0.1, 0.15) is 12.5 Å². The first-order chi connectivity index (χ1) is 22.7. The Balaban J connectivity index is 1.48. The minimum Gasteiger partial charge on any atom is -0.318 e. The Hall–Kier alpha value is -5.72. The first-order valence-electron chi connectivity index (χ1n) is 15.1. The van der Waals surface area contributed by atoms with Crippen LogP contribution in [0.4, 0.5) is 0 Å². The second-order valence-corrected chi connectivity index (χ2v) is 11.8. The zero-order chi connectivity index (χ0) is 31.5. The molecule has 222 valence electrons. The van der Waals surface area contributed by atoms with Crippen molar-refractivity contribution in [1.29, 1.82) is 0 Å². The van der Waals surface area contributed by atoms with E-state index in [2.05, 4.69) is 95.7 Å². The molecule has 0 saturated heterocycles. The predicted molar refractivity (Wildman–Crippen MR) is 199 cm³/mol. The van der Waals surface area contributed by atoms with Gasteiger partial charge in [0.2, 0.25) is 0 Å². The Kier molecular flexibility index (Phi) is 8.02. The Bertz CT molecular complexity index is 2370. The standard InChI is InChI=1S/C40H31N5S/c1-4-6-16-27(5-2)40(44-39(41-3)29-19-11-8-12-20-29)43-26-45-33-24-14-13-21-31(33)36-37(45)35-32-23-15-22-30(28-17-9-7-10-18-28)38(32)46-34(35)25-42-36/h4-25H,1,3,26H2,2H3/b16-6-,27-5+,43-40-,44-39?. The highest BCUT2D eigenvalue weighted by molar-refractivity contribution is 7.26. The molecule has 7 aromatic rings. The van der Waals surface area contributed by atoms with E-state index in [1.807, 2.05) is 61.7 Å². The molecule has 0 unspecified atom stereocenters. The fourth-order valence-electron chi connectivity index (χ4n) is 5.94. The quantitative estimate of drug-likeness (QED) is 0.100. The van der Waals surface area contributed by atoms with Crippen molar-refractivity contribution in [3.63, 3.8) is 0 Å². The van der Waals surface area contributed by atoms with E-state index >= 15 is 0 Å². The summed E-state index contributed by atoms with van der Waals surface area (Å²) in [5.74, 6) is 1.06. The van der Waals surface area contributed by atoms with Crippen molar-refractivity contribution in [2.75, 3.05) is 0 Å². The van der Waals surface area contributed by atoms with Crippen LogP contribution in [0.25, 0.3) is 53.2 Å². The second-order valence-electron chi connectivity index (χ2n) is 10.7. The average Bonchev–Trinajstić information content (AvgIpc) is 3.65. The van der Waals surface area contributed by atoms with E-state index in [4.69, 9.17) is 15.0 Å². The fourth-order valence-corrected chi connectivity index (χ4v) is 7.15. The predicted octanol–water partition coefficient (Wildman–Crippen LogP) is 10.4.